The number of hydrogen-bond acceptors (Lipinski definition) is 5. The molecule has 2 aromatic carbocycles. The summed E-state index contributed by atoms with van der Waals surface area (Å²) in [6.45, 7) is 0. The van der Waals surface area contributed by atoms with Crippen LogP contribution in [-0.4, -0.2) is 46.4 Å². The van der Waals surface area contributed by atoms with E-state index >= 15 is 0 Å². The summed E-state index contributed by atoms with van der Waals surface area (Å²) in [6, 6.07) is 5.84. The van der Waals surface area contributed by atoms with Gasteiger partial charge in [0.25, 0.3) is 0 Å². The van der Waals surface area contributed by atoms with Crippen molar-refractivity contribution in [2.45, 2.75) is 9.79 Å². The fourth-order valence-corrected chi connectivity index (χ4v) is 3.21. The first-order valence-corrected chi connectivity index (χ1v) is 9.60. The van der Waals surface area contributed by atoms with E-state index in [0.29, 0.717) is 5.39 Å². The van der Waals surface area contributed by atoms with Crippen molar-refractivity contribution in [2.24, 2.45) is 0 Å². The van der Waals surface area contributed by atoms with Crippen molar-refractivity contribution in [1.29, 1.82) is 0 Å². The monoisotopic (exact) mass is 344 g/mol. The van der Waals surface area contributed by atoms with Gasteiger partial charge >= 0.3 is 127 Å². The van der Waals surface area contributed by atoms with Gasteiger partial charge in [0.1, 0.15) is 0 Å². The van der Waals surface area contributed by atoms with Crippen LogP contribution in [0.25, 0.3) is 10.8 Å². The molecular formula is C11H9AlO7S2. The Hall–Kier alpha value is -1.28. The topological polar surface area (TPSA) is 118 Å². The Morgan fingerprint density at radius 2 is 1.52 bits per heavy atom. The van der Waals surface area contributed by atoms with Crippen molar-refractivity contribution in [3.05, 3.63) is 30.3 Å². The normalized spacial score (nSPS) is 12.1. The molecule has 10 heteroatoms. The molecule has 0 aliphatic rings. The number of benzene rings is 2. The second kappa shape index (κ2) is 5.49. The number of rotatable bonds is 4. The van der Waals surface area contributed by atoms with E-state index in [2.05, 4.69) is 5.39 Å². The summed E-state index contributed by atoms with van der Waals surface area (Å²) in [7, 11) is -8.91. The quantitative estimate of drug-likeness (QED) is 0.621. The van der Waals surface area contributed by atoms with E-state index in [-0.39, 0.29) is 11.1 Å². The second-order valence-electron chi connectivity index (χ2n) is 4.04. The standard InChI is InChI=1S/C10H8O7S2.CH2.Al/c11-10-5-8(19(15,16)17)4-6-3-7(18(12,13)14)1-2-9(6)10;;/h1-5,11H,(H,12,13,14)(H,15,16,17);1H2;/q;;+1/p-1. The minimum atomic E-state index is -4.49. The SMILES string of the molecule is [CH2]=[Al][O]c1cc(S(=O)(=O)O)cc2cc(S(=O)(=O)O)ccc12. The Balaban J connectivity index is 2.86. The van der Waals surface area contributed by atoms with Gasteiger partial charge in [0, 0.05) is 0 Å². The molecule has 0 aliphatic heterocycles. The van der Waals surface area contributed by atoms with Gasteiger partial charge in [-0.3, -0.25) is 0 Å². The van der Waals surface area contributed by atoms with Crippen LogP contribution in [0.15, 0.2) is 40.1 Å². The predicted octanol–water partition coefficient (Wildman–Crippen LogP) is 0.763. The van der Waals surface area contributed by atoms with Crippen LogP contribution in [0.3, 0.4) is 0 Å². The molecule has 2 N–H and O–H groups in total. The Kier molecular flexibility index (Phi) is 4.21. The molecule has 0 amide bonds. The van der Waals surface area contributed by atoms with Crippen molar-refractivity contribution >= 4 is 51.5 Å². The van der Waals surface area contributed by atoms with Crippen molar-refractivity contribution in [2.75, 3.05) is 0 Å². The second-order valence-corrected chi connectivity index (χ2v) is 7.45. The first kappa shape index (κ1) is 16.1. The summed E-state index contributed by atoms with van der Waals surface area (Å²) in [5, 5.41) is 4.17. The molecule has 0 aliphatic carbocycles. The van der Waals surface area contributed by atoms with Crippen molar-refractivity contribution in [3.63, 3.8) is 0 Å². The van der Waals surface area contributed by atoms with Gasteiger partial charge in [0.15, 0.2) is 0 Å². The molecule has 0 atom stereocenters. The maximum absolute atomic E-state index is 11.2. The molecular weight excluding hydrogens is 335 g/mol. The van der Waals surface area contributed by atoms with E-state index < -0.39 is 45.1 Å². The van der Waals surface area contributed by atoms with Crippen LogP contribution < -0.4 is 3.79 Å². The van der Waals surface area contributed by atoms with Gasteiger partial charge in [-0.1, -0.05) is 0 Å². The van der Waals surface area contributed by atoms with Crippen molar-refractivity contribution in [3.8, 4) is 5.75 Å². The molecule has 2 aromatic rings. The fourth-order valence-electron chi connectivity index (χ4n) is 1.78. The molecule has 2 rings (SSSR count). The third kappa shape index (κ3) is 3.49. The van der Waals surface area contributed by atoms with Crippen LogP contribution in [0.1, 0.15) is 0 Å². The molecule has 21 heavy (non-hydrogen) atoms. The number of hydrogen-bond donors (Lipinski definition) is 2. The van der Waals surface area contributed by atoms with Gasteiger partial charge < -0.3 is 0 Å². The zero-order valence-corrected chi connectivity index (χ0v) is 13.2. The summed E-state index contributed by atoms with van der Waals surface area (Å²) in [5.41, 5.74) is 0. The summed E-state index contributed by atoms with van der Waals surface area (Å²) in [4.78, 5) is -0.833. The Morgan fingerprint density at radius 3 is 2.05 bits per heavy atom. The van der Waals surface area contributed by atoms with Gasteiger partial charge in [0.05, 0.1) is 0 Å². The Bertz CT molecular complexity index is 927. The van der Waals surface area contributed by atoms with Gasteiger partial charge in [-0.2, -0.15) is 0 Å². The van der Waals surface area contributed by atoms with Gasteiger partial charge in [-0.05, 0) is 0 Å². The van der Waals surface area contributed by atoms with Gasteiger partial charge in [0.2, 0.25) is 0 Å². The molecule has 0 saturated heterocycles. The zero-order valence-electron chi connectivity index (χ0n) is 10.4. The van der Waals surface area contributed by atoms with E-state index in [0.717, 1.165) is 24.3 Å². The molecule has 0 bridgehead atoms. The van der Waals surface area contributed by atoms with Gasteiger partial charge in [-0.15, -0.1) is 0 Å². The fraction of sp³-hybridized carbons (Fsp3) is 0. The van der Waals surface area contributed by atoms with Crippen LogP contribution in [0.4, 0.5) is 0 Å². The van der Waals surface area contributed by atoms with E-state index in [9.17, 15) is 16.8 Å². The Morgan fingerprint density at radius 1 is 0.952 bits per heavy atom. The van der Waals surface area contributed by atoms with Crippen LogP contribution in [0.5, 0.6) is 5.75 Å². The molecule has 7 nitrogen and oxygen atoms in total. The molecule has 0 saturated carbocycles. The van der Waals surface area contributed by atoms with E-state index in [1.165, 1.54) is 6.07 Å². The third-order valence-electron chi connectivity index (χ3n) is 2.67. The van der Waals surface area contributed by atoms with Crippen molar-refractivity contribution in [1.82, 2.24) is 0 Å². The molecule has 0 fully saturated rings. The summed E-state index contributed by atoms with van der Waals surface area (Å²) >= 11 is -0.696. The molecule has 0 aromatic heterocycles. The maximum atomic E-state index is 11.2. The molecule has 0 heterocycles. The average molecular weight is 344 g/mol. The minimum absolute atomic E-state index is 0.159. The van der Waals surface area contributed by atoms with Crippen molar-refractivity contribution < 1.29 is 29.7 Å². The summed E-state index contributed by atoms with van der Waals surface area (Å²) in [5.74, 6) is 0.159. The summed E-state index contributed by atoms with van der Waals surface area (Å²) in [6.07, 6.45) is 0. The van der Waals surface area contributed by atoms with Crippen LogP contribution in [0, 0.1) is 0 Å². The van der Waals surface area contributed by atoms with E-state index in [1.807, 2.05) is 0 Å². The van der Waals surface area contributed by atoms with Crippen LogP contribution >= 0.6 is 0 Å². The molecule has 0 spiro atoms. The zero-order chi connectivity index (χ0) is 15.8. The average Bonchev–Trinajstić information content (AvgIpc) is 2.36. The first-order chi connectivity index (χ1) is 9.63. The molecule has 110 valence electrons. The third-order valence-corrected chi connectivity index (χ3v) is 4.77. The van der Waals surface area contributed by atoms with Crippen LogP contribution in [0.2, 0.25) is 0 Å². The molecule has 0 unspecified atom stereocenters. The summed E-state index contributed by atoms with van der Waals surface area (Å²) < 4.78 is 68.1. The van der Waals surface area contributed by atoms with Gasteiger partial charge in [-0.25, -0.2) is 0 Å². The van der Waals surface area contributed by atoms with E-state index in [4.69, 9.17) is 12.9 Å². The van der Waals surface area contributed by atoms with Crippen LogP contribution in [-0.2, 0) is 20.2 Å². The molecule has 0 radical (unpaired) electrons. The first-order valence-electron chi connectivity index (χ1n) is 5.43. The number of fused-ring (bicyclic) bond motifs is 1. The van der Waals surface area contributed by atoms with E-state index in [1.54, 1.807) is 0 Å². The predicted molar refractivity (Wildman–Crippen MR) is 77.1 cm³/mol. The Labute approximate surface area is 127 Å².